The zero-order valence-electron chi connectivity index (χ0n) is 18.7. The second-order valence-electron chi connectivity index (χ2n) is 8.09. The number of aromatic nitrogens is 2. The summed E-state index contributed by atoms with van der Waals surface area (Å²) in [7, 11) is 1.90. The maximum absolute atomic E-state index is 12.9. The molecule has 4 rings (SSSR count). The van der Waals surface area contributed by atoms with Gasteiger partial charge in [-0.3, -0.25) is 9.59 Å². The number of halogens is 1. The Labute approximate surface area is 205 Å². The smallest absolute Gasteiger partial charge is 0.319 e. The molecule has 0 aliphatic heterocycles. The molecule has 0 fully saturated rings. The lowest BCUT2D eigenvalue weighted by Crippen LogP contribution is -2.36. The molecule has 9 nitrogen and oxygen atoms in total. The van der Waals surface area contributed by atoms with Crippen molar-refractivity contribution < 1.29 is 19.8 Å². The van der Waals surface area contributed by atoms with Crippen molar-refractivity contribution in [3.05, 3.63) is 93.5 Å². The van der Waals surface area contributed by atoms with Gasteiger partial charge in [0.2, 0.25) is 0 Å². The fourth-order valence-electron chi connectivity index (χ4n) is 3.87. The standard InChI is InChI=1S/C25H23ClN4O5/c1-29-10-8-16-12-15(6-7-20(16)29)19(13-22(32)33)27-25(35)28-23-21(31)9-11-30(24(23)34)14-17-4-2-3-5-18(17)26/h2-12,19,31H,13-14H2,1H3,(H,32,33)(H2,27,28,35)/t19-/m0/s1. The van der Waals surface area contributed by atoms with Gasteiger partial charge >= 0.3 is 12.0 Å². The van der Waals surface area contributed by atoms with Gasteiger partial charge in [-0.1, -0.05) is 35.9 Å². The zero-order chi connectivity index (χ0) is 25.1. The van der Waals surface area contributed by atoms with Gasteiger partial charge in [0.25, 0.3) is 5.56 Å². The van der Waals surface area contributed by atoms with Crippen LogP contribution < -0.4 is 16.2 Å². The molecule has 4 aromatic rings. The van der Waals surface area contributed by atoms with Gasteiger partial charge in [-0.15, -0.1) is 0 Å². The molecule has 0 aliphatic rings. The summed E-state index contributed by atoms with van der Waals surface area (Å²) in [6.45, 7) is 0.133. The third kappa shape index (κ3) is 5.30. The zero-order valence-corrected chi connectivity index (χ0v) is 19.5. The first-order valence-electron chi connectivity index (χ1n) is 10.7. The number of nitrogens with zero attached hydrogens (tertiary/aromatic N) is 2. The van der Waals surface area contributed by atoms with Crippen LogP contribution in [0.25, 0.3) is 10.9 Å². The maximum Gasteiger partial charge on any atom is 0.319 e. The van der Waals surface area contributed by atoms with E-state index in [0.717, 1.165) is 10.9 Å². The first-order chi connectivity index (χ1) is 16.7. The molecule has 0 radical (unpaired) electrons. The highest BCUT2D eigenvalue weighted by atomic mass is 35.5. The third-order valence-corrected chi connectivity index (χ3v) is 6.04. The first-order valence-corrected chi connectivity index (χ1v) is 11.1. The van der Waals surface area contributed by atoms with E-state index in [-0.39, 0.29) is 18.7 Å². The van der Waals surface area contributed by atoms with Gasteiger partial charge < -0.3 is 30.0 Å². The van der Waals surface area contributed by atoms with Crippen LogP contribution in [-0.2, 0) is 18.4 Å². The van der Waals surface area contributed by atoms with Gasteiger partial charge in [0.1, 0.15) is 5.75 Å². The summed E-state index contributed by atoms with van der Waals surface area (Å²) in [6, 6.07) is 13.9. The number of hydrogen-bond acceptors (Lipinski definition) is 4. The Kier molecular flexibility index (Phi) is 6.79. The van der Waals surface area contributed by atoms with Crippen molar-refractivity contribution in [3.8, 4) is 5.75 Å². The molecule has 2 aromatic carbocycles. The topological polar surface area (TPSA) is 126 Å². The largest absolute Gasteiger partial charge is 0.505 e. The average Bonchev–Trinajstić information content (AvgIpc) is 3.19. The van der Waals surface area contributed by atoms with Crippen LogP contribution in [0.4, 0.5) is 10.5 Å². The summed E-state index contributed by atoms with van der Waals surface area (Å²) in [4.78, 5) is 37.2. The molecule has 0 bridgehead atoms. The minimum atomic E-state index is -1.10. The summed E-state index contributed by atoms with van der Waals surface area (Å²) in [5.41, 5.74) is 1.27. The number of carbonyl (C=O) groups excluding carboxylic acids is 1. The van der Waals surface area contributed by atoms with E-state index in [1.165, 1.54) is 16.8 Å². The Hall–Kier alpha value is -4.24. The van der Waals surface area contributed by atoms with E-state index >= 15 is 0 Å². The van der Waals surface area contributed by atoms with Crippen LogP contribution in [0.3, 0.4) is 0 Å². The van der Waals surface area contributed by atoms with Gasteiger partial charge in [0, 0.05) is 30.0 Å². The van der Waals surface area contributed by atoms with Crippen LogP contribution >= 0.6 is 11.6 Å². The summed E-state index contributed by atoms with van der Waals surface area (Å²) >= 11 is 6.18. The molecule has 0 saturated heterocycles. The van der Waals surface area contributed by atoms with E-state index in [1.807, 2.05) is 29.9 Å². The minimum Gasteiger partial charge on any atom is -0.505 e. The predicted octanol–water partition coefficient (Wildman–Crippen LogP) is 4.08. The number of carboxylic acid groups (broad SMARTS) is 1. The number of nitrogens with one attached hydrogen (secondary N) is 2. The van der Waals surface area contributed by atoms with E-state index in [1.54, 1.807) is 36.4 Å². The highest BCUT2D eigenvalue weighted by Gasteiger charge is 2.21. The normalized spacial score (nSPS) is 11.8. The molecule has 35 heavy (non-hydrogen) atoms. The number of urea groups is 1. The van der Waals surface area contributed by atoms with Crippen LogP contribution in [0.5, 0.6) is 5.75 Å². The Balaban J connectivity index is 1.57. The van der Waals surface area contributed by atoms with Crippen LogP contribution in [0, 0.1) is 0 Å². The maximum atomic E-state index is 12.9. The van der Waals surface area contributed by atoms with Crippen molar-refractivity contribution in [2.45, 2.75) is 19.0 Å². The lowest BCUT2D eigenvalue weighted by Gasteiger charge is -2.19. The van der Waals surface area contributed by atoms with Gasteiger partial charge in [0.05, 0.1) is 19.0 Å². The Morgan fingerprint density at radius 3 is 2.60 bits per heavy atom. The fraction of sp³-hybridized carbons (Fsp3) is 0.160. The second kappa shape index (κ2) is 9.94. The number of hydrogen-bond donors (Lipinski definition) is 4. The van der Waals surface area contributed by atoms with Gasteiger partial charge in [-0.05, 0) is 46.8 Å². The number of amides is 2. The Morgan fingerprint density at radius 1 is 1.09 bits per heavy atom. The number of aromatic hydroxyl groups is 1. The van der Waals surface area contributed by atoms with Crippen molar-refractivity contribution >= 4 is 40.2 Å². The van der Waals surface area contributed by atoms with Gasteiger partial charge in [-0.25, -0.2) is 4.79 Å². The molecule has 0 aliphatic carbocycles. The fourth-order valence-corrected chi connectivity index (χ4v) is 4.06. The van der Waals surface area contributed by atoms with E-state index in [4.69, 9.17) is 11.6 Å². The molecule has 2 aromatic heterocycles. The Bertz CT molecular complexity index is 1480. The molecular formula is C25H23ClN4O5. The van der Waals surface area contributed by atoms with Crippen molar-refractivity contribution in [1.82, 2.24) is 14.5 Å². The van der Waals surface area contributed by atoms with E-state index < -0.39 is 29.4 Å². The molecule has 2 heterocycles. The highest BCUT2D eigenvalue weighted by Crippen LogP contribution is 2.24. The molecule has 4 N–H and O–H groups in total. The number of aryl methyl sites for hydroxylation is 1. The molecular weight excluding hydrogens is 472 g/mol. The number of benzene rings is 2. The number of fused-ring (bicyclic) bond motifs is 1. The summed E-state index contributed by atoms with van der Waals surface area (Å²) < 4.78 is 3.23. The average molecular weight is 495 g/mol. The molecule has 180 valence electrons. The van der Waals surface area contributed by atoms with E-state index in [9.17, 15) is 24.6 Å². The quantitative estimate of drug-likeness (QED) is 0.308. The van der Waals surface area contributed by atoms with E-state index in [2.05, 4.69) is 10.6 Å². The third-order valence-electron chi connectivity index (χ3n) is 5.68. The predicted molar refractivity (Wildman–Crippen MR) is 133 cm³/mol. The van der Waals surface area contributed by atoms with Crippen molar-refractivity contribution in [2.75, 3.05) is 5.32 Å². The molecule has 0 spiro atoms. The highest BCUT2D eigenvalue weighted by molar-refractivity contribution is 6.31. The van der Waals surface area contributed by atoms with Crippen molar-refractivity contribution in [2.24, 2.45) is 7.05 Å². The first kappa shape index (κ1) is 23.9. The lowest BCUT2D eigenvalue weighted by molar-refractivity contribution is -0.137. The summed E-state index contributed by atoms with van der Waals surface area (Å²) in [5.74, 6) is -1.52. The lowest BCUT2D eigenvalue weighted by atomic mass is 10.0. The van der Waals surface area contributed by atoms with Crippen molar-refractivity contribution in [3.63, 3.8) is 0 Å². The number of carboxylic acids is 1. The Morgan fingerprint density at radius 2 is 1.86 bits per heavy atom. The number of anilines is 1. The second-order valence-corrected chi connectivity index (χ2v) is 8.50. The number of carbonyl (C=O) groups is 2. The number of pyridine rings is 1. The molecule has 0 unspecified atom stereocenters. The minimum absolute atomic E-state index is 0.133. The number of rotatable bonds is 7. The molecule has 1 atom stereocenters. The van der Waals surface area contributed by atoms with Crippen molar-refractivity contribution in [1.29, 1.82) is 0 Å². The van der Waals surface area contributed by atoms with Crippen LogP contribution in [0.2, 0.25) is 5.02 Å². The van der Waals surface area contributed by atoms with Crippen LogP contribution in [-0.4, -0.2) is 31.3 Å². The van der Waals surface area contributed by atoms with Crippen LogP contribution in [0.15, 0.2) is 71.8 Å². The van der Waals surface area contributed by atoms with Gasteiger partial charge in [0.15, 0.2) is 5.69 Å². The molecule has 0 saturated carbocycles. The molecule has 10 heteroatoms. The summed E-state index contributed by atoms with van der Waals surface area (Å²) in [5, 5.41) is 25.9. The van der Waals surface area contributed by atoms with E-state index in [0.29, 0.717) is 16.1 Å². The monoisotopic (exact) mass is 494 g/mol. The SMILES string of the molecule is Cn1ccc2cc([C@H](CC(=O)O)NC(=O)Nc3c(O)ccn(Cc4ccccc4Cl)c3=O)ccc21. The number of aliphatic carboxylic acids is 1. The summed E-state index contributed by atoms with van der Waals surface area (Å²) in [6.07, 6.45) is 2.91. The van der Waals surface area contributed by atoms with Gasteiger partial charge in [-0.2, -0.15) is 0 Å². The molecule has 2 amide bonds. The van der Waals surface area contributed by atoms with Crippen LogP contribution in [0.1, 0.15) is 23.6 Å².